The molecule has 4 aromatic carbocycles. The van der Waals surface area contributed by atoms with E-state index in [0.717, 1.165) is 32.7 Å². The van der Waals surface area contributed by atoms with Gasteiger partial charge in [-0.1, -0.05) is 54.6 Å². The second kappa shape index (κ2) is 6.81. The molecule has 5 heterocycles. The fraction of sp³-hybridized carbons (Fsp3) is 0. The molecule has 0 aliphatic rings. The SMILES string of the molecule is N#Cc1nc(-n2c3ccccc3c3cc4c5ccccc5n5c6ccccc6c(c32)c45)nc2ncccc12. The average Bonchev–Trinajstić information content (AvgIpc) is 3.61. The molecule has 0 unspecified atom stereocenters. The monoisotopic (exact) mass is 484 g/mol. The van der Waals surface area contributed by atoms with Crippen LogP contribution in [0.2, 0.25) is 0 Å². The van der Waals surface area contributed by atoms with Gasteiger partial charge in [0.2, 0.25) is 5.95 Å². The van der Waals surface area contributed by atoms with Crippen LogP contribution in [0, 0.1) is 11.3 Å². The predicted molar refractivity (Wildman–Crippen MR) is 151 cm³/mol. The number of benzene rings is 4. The van der Waals surface area contributed by atoms with Crippen molar-refractivity contribution in [2.75, 3.05) is 0 Å². The number of fused-ring (bicyclic) bond motifs is 11. The molecule has 0 fully saturated rings. The minimum absolute atomic E-state index is 0.316. The Kier molecular flexibility index (Phi) is 3.52. The van der Waals surface area contributed by atoms with Gasteiger partial charge < -0.3 is 4.40 Å². The van der Waals surface area contributed by atoms with Crippen molar-refractivity contribution in [3.63, 3.8) is 0 Å². The molecule has 0 radical (unpaired) electrons. The van der Waals surface area contributed by atoms with E-state index in [1.807, 2.05) is 12.1 Å². The molecule has 6 heteroatoms. The van der Waals surface area contributed by atoms with Crippen LogP contribution in [-0.4, -0.2) is 23.9 Å². The standard InChI is InChI=1S/C32H16N6/c33-17-24-20-11-7-15-34-31(20)36-32(35-24)38-26-13-5-2-9-19(26)23-16-22-18-8-1-4-12-25(18)37-27-14-6-3-10-21(27)28(29(22)37)30(23)38/h1-16H. The van der Waals surface area contributed by atoms with Crippen molar-refractivity contribution in [1.29, 1.82) is 5.26 Å². The highest BCUT2D eigenvalue weighted by Crippen LogP contribution is 2.46. The molecular weight excluding hydrogens is 468 g/mol. The van der Waals surface area contributed by atoms with Gasteiger partial charge in [-0.25, -0.2) is 9.97 Å². The van der Waals surface area contributed by atoms with E-state index in [4.69, 9.17) is 9.97 Å². The topological polar surface area (TPSA) is 71.8 Å². The molecule has 0 spiro atoms. The van der Waals surface area contributed by atoms with E-state index in [2.05, 4.69) is 92.8 Å². The van der Waals surface area contributed by atoms with Gasteiger partial charge in [-0.2, -0.15) is 10.2 Å². The summed E-state index contributed by atoms with van der Waals surface area (Å²) in [6.07, 6.45) is 1.70. The van der Waals surface area contributed by atoms with Crippen molar-refractivity contribution >= 4 is 70.9 Å². The summed E-state index contributed by atoms with van der Waals surface area (Å²) in [5, 5.41) is 17.6. The Balaban J connectivity index is 1.60. The van der Waals surface area contributed by atoms with E-state index in [0.29, 0.717) is 22.7 Å². The maximum atomic E-state index is 9.96. The zero-order valence-electron chi connectivity index (χ0n) is 19.9. The van der Waals surface area contributed by atoms with Gasteiger partial charge in [0.25, 0.3) is 0 Å². The number of hydrogen-bond acceptors (Lipinski definition) is 4. The fourth-order valence-corrected chi connectivity index (χ4v) is 6.30. The molecule has 38 heavy (non-hydrogen) atoms. The van der Waals surface area contributed by atoms with Crippen LogP contribution in [0.4, 0.5) is 0 Å². The van der Waals surface area contributed by atoms with E-state index in [9.17, 15) is 5.26 Å². The zero-order valence-corrected chi connectivity index (χ0v) is 19.9. The Morgan fingerprint density at radius 3 is 2.03 bits per heavy atom. The predicted octanol–water partition coefficient (Wildman–Crippen LogP) is 7.14. The first-order valence-electron chi connectivity index (χ1n) is 12.5. The molecule has 6 nitrogen and oxygen atoms in total. The first kappa shape index (κ1) is 19.6. The molecular formula is C32H16N6. The number of pyridine rings is 1. The highest BCUT2D eigenvalue weighted by atomic mass is 15.2. The lowest BCUT2D eigenvalue weighted by atomic mass is 10.0. The number of nitriles is 1. The van der Waals surface area contributed by atoms with E-state index < -0.39 is 0 Å². The fourth-order valence-electron chi connectivity index (χ4n) is 6.30. The van der Waals surface area contributed by atoms with Crippen molar-refractivity contribution in [3.8, 4) is 12.0 Å². The van der Waals surface area contributed by atoms with E-state index >= 15 is 0 Å². The van der Waals surface area contributed by atoms with Crippen LogP contribution < -0.4 is 0 Å². The quantitative estimate of drug-likeness (QED) is 0.248. The van der Waals surface area contributed by atoms with Crippen LogP contribution in [0.25, 0.3) is 76.9 Å². The molecule has 0 aliphatic carbocycles. The maximum absolute atomic E-state index is 9.96. The number of aromatic nitrogens is 5. The lowest BCUT2D eigenvalue weighted by molar-refractivity contribution is 0.995. The van der Waals surface area contributed by atoms with E-state index in [-0.39, 0.29) is 0 Å². The second-order valence-electron chi connectivity index (χ2n) is 9.62. The van der Waals surface area contributed by atoms with Crippen molar-refractivity contribution in [2.45, 2.75) is 0 Å². The minimum atomic E-state index is 0.316. The first-order chi connectivity index (χ1) is 18.8. The van der Waals surface area contributed by atoms with Crippen LogP contribution in [0.3, 0.4) is 0 Å². The van der Waals surface area contributed by atoms with Gasteiger partial charge in [-0.3, -0.25) is 4.57 Å². The number of nitrogens with zero attached hydrogens (tertiary/aromatic N) is 6. The Labute approximate surface area is 215 Å². The molecule has 0 aliphatic heterocycles. The Morgan fingerprint density at radius 2 is 1.24 bits per heavy atom. The van der Waals surface area contributed by atoms with Crippen LogP contribution in [0.1, 0.15) is 5.69 Å². The third-order valence-electron chi connectivity index (χ3n) is 7.77. The molecule has 0 N–H and O–H groups in total. The second-order valence-corrected chi connectivity index (χ2v) is 9.62. The lowest BCUT2D eigenvalue weighted by Gasteiger charge is -2.09. The maximum Gasteiger partial charge on any atom is 0.238 e. The van der Waals surface area contributed by atoms with Crippen molar-refractivity contribution < 1.29 is 0 Å². The Hall–Kier alpha value is -5.54. The van der Waals surface area contributed by atoms with Gasteiger partial charge in [0, 0.05) is 38.5 Å². The van der Waals surface area contributed by atoms with Crippen LogP contribution in [-0.2, 0) is 0 Å². The molecule has 0 atom stereocenters. The Morgan fingerprint density at radius 1 is 0.605 bits per heavy atom. The summed E-state index contributed by atoms with van der Waals surface area (Å²) in [5.41, 5.74) is 6.39. The largest absolute Gasteiger partial charge is 0.308 e. The lowest BCUT2D eigenvalue weighted by Crippen LogP contribution is -2.04. The normalized spacial score (nSPS) is 12.2. The van der Waals surface area contributed by atoms with Crippen molar-refractivity contribution in [2.24, 2.45) is 0 Å². The number of hydrogen-bond donors (Lipinski definition) is 0. The average molecular weight is 485 g/mol. The summed E-state index contributed by atoms with van der Waals surface area (Å²) < 4.78 is 4.48. The molecule has 0 bridgehead atoms. The van der Waals surface area contributed by atoms with Crippen molar-refractivity contribution in [3.05, 3.63) is 103 Å². The minimum Gasteiger partial charge on any atom is -0.308 e. The summed E-state index contributed by atoms with van der Waals surface area (Å²) in [5.74, 6) is 0.446. The van der Waals surface area contributed by atoms with E-state index in [1.54, 1.807) is 12.3 Å². The summed E-state index contributed by atoms with van der Waals surface area (Å²) in [6, 6.07) is 33.7. The summed E-state index contributed by atoms with van der Waals surface area (Å²) in [6.45, 7) is 0. The van der Waals surface area contributed by atoms with Crippen LogP contribution in [0.15, 0.2) is 97.2 Å². The highest BCUT2D eigenvalue weighted by Gasteiger charge is 2.25. The van der Waals surface area contributed by atoms with Gasteiger partial charge in [-0.05, 0) is 36.4 Å². The summed E-state index contributed by atoms with van der Waals surface area (Å²) in [4.78, 5) is 14.1. The van der Waals surface area contributed by atoms with E-state index in [1.165, 1.54) is 27.2 Å². The molecule has 0 saturated carbocycles. The molecule has 0 saturated heterocycles. The smallest absolute Gasteiger partial charge is 0.238 e. The Bertz CT molecular complexity index is 2470. The highest BCUT2D eigenvalue weighted by molar-refractivity contribution is 6.34. The molecule has 0 amide bonds. The first-order valence-corrected chi connectivity index (χ1v) is 12.5. The van der Waals surface area contributed by atoms with Gasteiger partial charge >= 0.3 is 0 Å². The molecule has 174 valence electrons. The molecule has 5 aromatic heterocycles. The summed E-state index contributed by atoms with van der Waals surface area (Å²) >= 11 is 0. The van der Waals surface area contributed by atoms with Gasteiger partial charge in [0.1, 0.15) is 6.07 Å². The van der Waals surface area contributed by atoms with Crippen molar-refractivity contribution in [1.82, 2.24) is 23.9 Å². The summed E-state index contributed by atoms with van der Waals surface area (Å²) in [7, 11) is 0. The third-order valence-corrected chi connectivity index (χ3v) is 7.77. The van der Waals surface area contributed by atoms with Gasteiger partial charge in [-0.15, -0.1) is 0 Å². The van der Waals surface area contributed by atoms with Crippen LogP contribution in [0.5, 0.6) is 0 Å². The third kappa shape index (κ3) is 2.25. The molecule has 9 aromatic rings. The number of para-hydroxylation sites is 3. The van der Waals surface area contributed by atoms with Crippen LogP contribution >= 0.6 is 0 Å². The van der Waals surface area contributed by atoms with Gasteiger partial charge in [0.05, 0.1) is 33.0 Å². The van der Waals surface area contributed by atoms with Gasteiger partial charge in [0.15, 0.2) is 11.3 Å². The number of rotatable bonds is 1. The molecule has 9 rings (SSSR count). The zero-order chi connectivity index (χ0) is 25.0.